The summed E-state index contributed by atoms with van der Waals surface area (Å²) in [7, 11) is 0. The number of ether oxygens (including phenoxy) is 1. The number of hydrogen-bond acceptors (Lipinski definition) is 3. The van der Waals surface area contributed by atoms with Crippen molar-refractivity contribution >= 4 is 41.3 Å². The molecule has 0 saturated carbocycles. The number of nitrogens with two attached hydrogens (primary N) is 1. The van der Waals surface area contributed by atoms with Crippen molar-refractivity contribution in [3.63, 3.8) is 0 Å². The van der Waals surface area contributed by atoms with Crippen molar-refractivity contribution in [3.05, 3.63) is 21.9 Å². The van der Waals surface area contributed by atoms with E-state index in [4.69, 9.17) is 10.5 Å². The van der Waals surface area contributed by atoms with E-state index in [0.717, 1.165) is 19.7 Å². The van der Waals surface area contributed by atoms with Gasteiger partial charge in [0.25, 0.3) is 0 Å². The number of thiophene rings is 1. The van der Waals surface area contributed by atoms with E-state index in [9.17, 15) is 0 Å². The van der Waals surface area contributed by atoms with Gasteiger partial charge in [0, 0.05) is 13.1 Å². The lowest BCUT2D eigenvalue weighted by Gasteiger charge is -2.31. The molecule has 6 heteroatoms. The minimum Gasteiger partial charge on any atom is -0.375 e. The smallest absolute Gasteiger partial charge is 0.191 e. The number of morpholine rings is 1. The molecule has 0 amide bonds. The Kier molecular flexibility index (Phi) is 6.37. The molecular formula is C12H20IN3OS. The molecule has 1 fully saturated rings. The Balaban J connectivity index is 0.00000162. The third-order valence-corrected chi connectivity index (χ3v) is 3.85. The molecule has 18 heavy (non-hydrogen) atoms. The highest BCUT2D eigenvalue weighted by Crippen LogP contribution is 2.14. The molecule has 2 N–H and O–H groups in total. The van der Waals surface area contributed by atoms with Crippen LogP contribution in [0.25, 0.3) is 0 Å². The molecule has 1 aromatic heterocycles. The Morgan fingerprint density at radius 3 is 3.00 bits per heavy atom. The summed E-state index contributed by atoms with van der Waals surface area (Å²) in [6, 6.07) is 0. The number of halogens is 1. The lowest BCUT2D eigenvalue weighted by Crippen LogP contribution is -2.47. The first-order valence-corrected chi connectivity index (χ1v) is 6.79. The number of rotatable bonds is 2. The maximum absolute atomic E-state index is 6.00. The van der Waals surface area contributed by atoms with Crippen LogP contribution in [0.1, 0.15) is 18.1 Å². The molecule has 102 valence electrons. The van der Waals surface area contributed by atoms with E-state index in [2.05, 4.69) is 34.5 Å². The highest BCUT2D eigenvalue weighted by molar-refractivity contribution is 14.0. The highest BCUT2D eigenvalue weighted by atomic mass is 127. The van der Waals surface area contributed by atoms with Gasteiger partial charge < -0.3 is 15.4 Å². The van der Waals surface area contributed by atoms with Crippen LogP contribution in [-0.4, -0.2) is 36.7 Å². The second kappa shape index (κ2) is 7.30. The predicted octanol–water partition coefficient (Wildman–Crippen LogP) is 2.21. The Morgan fingerprint density at radius 2 is 2.39 bits per heavy atom. The molecule has 1 aliphatic rings. The number of guanidine groups is 1. The summed E-state index contributed by atoms with van der Waals surface area (Å²) < 4.78 is 5.48. The highest BCUT2D eigenvalue weighted by Gasteiger charge is 2.17. The fourth-order valence-electron chi connectivity index (χ4n) is 1.84. The first kappa shape index (κ1) is 15.7. The second-order valence-electron chi connectivity index (χ2n) is 4.38. The van der Waals surface area contributed by atoms with E-state index in [1.807, 2.05) is 0 Å². The van der Waals surface area contributed by atoms with Crippen molar-refractivity contribution in [2.75, 3.05) is 19.7 Å². The lowest BCUT2D eigenvalue weighted by molar-refractivity contribution is 0.00529. The van der Waals surface area contributed by atoms with Crippen LogP contribution < -0.4 is 5.73 Å². The number of aliphatic imine (C=N–C) groups is 1. The number of aryl methyl sites for hydroxylation is 1. The molecule has 1 unspecified atom stereocenters. The van der Waals surface area contributed by atoms with Crippen LogP contribution in [0.4, 0.5) is 0 Å². The van der Waals surface area contributed by atoms with Crippen molar-refractivity contribution in [1.82, 2.24) is 4.90 Å². The summed E-state index contributed by atoms with van der Waals surface area (Å²) in [5.41, 5.74) is 8.56. The average molecular weight is 381 g/mol. The maximum atomic E-state index is 6.00. The van der Waals surface area contributed by atoms with Gasteiger partial charge in [0.15, 0.2) is 5.96 Å². The van der Waals surface area contributed by atoms with Crippen LogP contribution in [0.5, 0.6) is 0 Å². The van der Waals surface area contributed by atoms with Gasteiger partial charge in [-0.15, -0.1) is 24.0 Å². The van der Waals surface area contributed by atoms with Gasteiger partial charge in [-0.1, -0.05) is 0 Å². The zero-order chi connectivity index (χ0) is 12.3. The summed E-state index contributed by atoms with van der Waals surface area (Å²) in [4.78, 5) is 6.55. The van der Waals surface area contributed by atoms with E-state index in [1.54, 1.807) is 11.3 Å². The van der Waals surface area contributed by atoms with E-state index >= 15 is 0 Å². The summed E-state index contributed by atoms with van der Waals surface area (Å²) >= 11 is 1.71. The summed E-state index contributed by atoms with van der Waals surface area (Å²) in [5, 5.41) is 4.27. The monoisotopic (exact) mass is 381 g/mol. The third kappa shape index (κ3) is 4.10. The normalized spacial score (nSPS) is 20.7. The van der Waals surface area contributed by atoms with Gasteiger partial charge in [0.2, 0.25) is 0 Å². The van der Waals surface area contributed by atoms with Gasteiger partial charge in [-0.3, -0.25) is 0 Å². The quantitative estimate of drug-likeness (QED) is 0.486. The van der Waals surface area contributed by atoms with Gasteiger partial charge in [0.1, 0.15) is 0 Å². The Labute approximate surface area is 129 Å². The van der Waals surface area contributed by atoms with Crippen LogP contribution in [0.3, 0.4) is 0 Å². The van der Waals surface area contributed by atoms with Crippen molar-refractivity contribution in [2.24, 2.45) is 10.7 Å². The SMILES string of the molecule is Cc1cscc1CN=C(N)N1CCOC(C)C1.I. The molecule has 2 rings (SSSR count). The predicted molar refractivity (Wildman–Crippen MR) is 86.8 cm³/mol. The molecule has 0 radical (unpaired) electrons. The number of nitrogens with zero attached hydrogens (tertiary/aromatic N) is 2. The Morgan fingerprint density at radius 1 is 1.61 bits per heavy atom. The van der Waals surface area contributed by atoms with Gasteiger partial charge in [0.05, 0.1) is 19.3 Å². The molecule has 4 nitrogen and oxygen atoms in total. The fourth-order valence-corrected chi connectivity index (χ4v) is 2.69. The number of hydrogen-bond donors (Lipinski definition) is 1. The van der Waals surface area contributed by atoms with Crippen molar-refractivity contribution in [1.29, 1.82) is 0 Å². The Hall–Kier alpha value is -0.340. The topological polar surface area (TPSA) is 50.8 Å². The van der Waals surface area contributed by atoms with Crippen molar-refractivity contribution < 1.29 is 4.74 Å². The van der Waals surface area contributed by atoms with Crippen LogP contribution in [0.15, 0.2) is 15.8 Å². The Bertz CT molecular complexity index is 408. The van der Waals surface area contributed by atoms with Gasteiger partial charge in [-0.05, 0) is 35.7 Å². The molecule has 0 bridgehead atoms. The van der Waals surface area contributed by atoms with Crippen LogP contribution in [-0.2, 0) is 11.3 Å². The molecule has 2 heterocycles. The van der Waals surface area contributed by atoms with Crippen molar-refractivity contribution in [3.8, 4) is 0 Å². The van der Waals surface area contributed by atoms with Crippen LogP contribution in [0, 0.1) is 6.92 Å². The van der Waals surface area contributed by atoms with Crippen molar-refractivity contribution in [2.45, 2.75) is 26.5 Å². The van der Waals surface area contributed by atoms with E-state index in [1.165, 1.54) is 11.1 Å². The molecule has 1 aromatic rings. The fraction of sp³-hybridized carbons (Fsp3) is 0.583. The maximum Gasteiger partial charge on any atom is 0.191 e. The molecule has 1 aliphatic heterocycles. The third-order valence-electron chi connectivity index (χ3n) is 2.94. The second-order valence-corrected chi connectivity index (χ2v) is 5.13. The lowest BCUT2D eigenvalue weighted by atomic mass is 10.2. The molecule has 1 saturated heterocycles. The minimum atomic E-state index is 0. The van der Waals surface area contributed by atoms with Gasteiger partial charge in [-0.25, -0.2) is 4.99 Å². The van der Waals surface area contributed by atoms with E-state index in [-0.39, 0.29) is 30.1 Å². The van der Waals surface area contributed by atoms with E-state index in [0.29, 0.717) is 12.5 Å². The summed E-state index contributed by atoms with van der Waals surface area (Å²) in [5.74, 6) is 0.630. The molecule has 1 atom stereocenters. The molecular weight excluding hydrogens is 361 g/mol. The standard InChI is InChI=1S/C12H19N3OS.HI/c1-9-7-17-8-11(9)5-14-12(13)15-3-4-16-10(2)6-15;/h7-8,10H,3-6H2,1-2H3,(H2,13,14);1H. The zero-order valence-electron chi connectivity index (χ0n) is 10.8. The minimum absolute atomic E-state index is 0. The first-order valence-electron chi connectivity index (χ1n) is 5.85. The first-order chi connectivity index (χ1) is 8.16. The molecule has 0 aliphatic carbocycles. The summed E-state index contributed by atoms with van der Waals surface area (Å²) in [6.07, 6.45) is 0.236. The zero-order valence-corrected chi connectivity index (χ0v) is 13.9. The molecule has 0 spiro atoms. The molecule has 0 aromatic carbocycles. The largest absolute Gasteiger partial charge is 0.375 e. The summed E-state index contributed by atoms with van der Waals surface area (Å²) in [6.45, 7) is 7.23. The van der Waals surface area contributed by atoms with Crippen LogP contribution in [0.2, 0.25) is 0 Å². The van der Waals surface area contributed by atoms with Crippen LogP contribution >= 0.6 is 35.3 Å². The van der Waals surface area contributed by atoms with Gasteiger partial charge >= 0.3 is 0 Å². The average Bonchev–Trinajstić information content (AvgIpc) is 2.72. The van der Waals surface area contributed by atoms with Gasteiger partial charge in [-0.2, -0.15) is 11.3 Å². The van der Waals surface area contributed by atoms with E-state index < -0.39 is 0 Å².